The Morgan fingerprint density at radius 1 is 1.19 bits per heavy atom. The topological polar surface area (TPSA) is 58.6 Å². The third-order valence-electron chi connectivity index (χ3n) is 4.23. The van der Waals surface area contributed by atoms with Crippen molar-refractivity contribution in [3.63, 3.8) is 0 Å². The Kier molecular flexibility index (Phi) is 3.80. The van der Waals surface area contributed by atoms with E-state index in [1.807, 2.05) is 30.3 Å². The van der Waals surface area contributed by atoms with Crippen molar-refractivity contribution in [2.45, 2.75) is 31.4 Å². The van der Waals surface area contributed by atoms with Gasteiger partial charge in [0.05, 0.1) is 11.7 Å². The van der Waals surface area contributed by atoms with Gasteiger partial charge in [-0.2, -0.15) is 0 Å². The van der Waals surface area contributed by atoms with Gasteiger partial charge in [-0.05, 0) is 36.8 Å². The van der Waals surface area contributed by atoms with Gasteiger partial charge in [0.2, 0.25) is 0 Å². The van der Waals surface area contributed by atoms with Crippen LogP contribution in [0.25, 0.3) is 10.8 Å². The number of hydrogen-bond acceptors (Lipinski definition) is 3. The summed E-state index contributed by atoms with van der Waals surface area (Å²) in [4.78, 5) is 11.3. The molecule has 1 aliphatic carbocycles. The van der Waals surface area contributed by atoms with Gasteiger partial charge < -0.3 is 15.2 Å². The Labute approximate surface area is 123 Å². The Morgan fingerprint density at radius 2 is 1.95 bits per heavy atom. The SMILES string of the molecule is COC1CCC(Nc2ccc(C(=O)O)c3ccccc23)C1. The quantitative estimate of drug-likeness (QED) is 0.902. The lowest BCUT2D eigenvalue weighted by molar-refractivity contribution is 0.0699. The van der Waals surface area contributed by atoms with Crippen LogP contribution in [0.5, 0.6) is 0 Å². The van der Waals surface area contributed by atoms with Gasteiger partial charge in [0.1, 0.15) is 0 Å². The Morgan fingerprint density at radius 3 is 2.62 bits per heavy atom. The summed E-state index contributed by atoms with van der Waals surface area (Å²) in [5.74, 6) is -0.891. The summed E-state index contributed by atoms with van der Waals surface area (Å²) in [6.07, 6.45) is 3.46. The molecule has 2 aromatic rings. The van der Waals surface area contributed by atoms with Crippen LogP contribution in [0.3, 0.4) is 0 Å². The minimum atomic E-state index is -0.891. The molecule has 2 atom stereocenters. The molecule has 0 bridgehead atoms. The zero-order valence-electron chi connectivity index (χ0n) is 12.0. The number of hydrogen-bond donors (Lipinski definition) is 2. The summed E-state index contributed by atoms with van der Waals surface area (Å²) in [5.41, 5.74) is 1.34. The van der Waals surface area contributed by atoms with Crippen molar-refractivity contribution in [1.82, 2.24) is 0 Å². The standard InChI is InChI=1S/C17H19NO3/c1-21-12-7-6-11(10-12)18-16-9-8-15(17(19)20)13-4-2-3-5-14(13)16/h2-5,8-9,11-12,18H,6-7,10H2,1H3,(H,19,20). The normalized spacial score (nSPS) is 21.6. The van der Waals surface area contributed by atoms with Crippen LogP contribution in [-0.2, 0) is 4.74 Å². The maximum atomic E-state index is 11.3. The Bertz CT molecular complexity index is 668. The number of aromatic carboxylic acids is 1. The molecule has 0 amide bonds. The second-order valence-corrected chi connectivity index (χ2v) is 5.52. The average Bonchev–Trinajstić information content (AvgIpc) is 2.95. The lowest BCUT2D eigenvalue weighted by Gasteiger charge is -2.17. The van der Waals surface area contributed by atoms with Gasteiger partial charge in [0.15, 0.2) is 0 Å². The second-order valence-electron chi connectivity index (χ2n) is 5.52. The van der Waals surface area contributed by atoms with Crippen molar-refractivity contribution in [2.24, 2.45) is 0 Å². The fraction of sp³-hybridized carbons (Fsp3) is 0.353. The molecule has 1 aliphatic rings. The predicted molar refractivity (Wildman–Crippen MR) is 83.0 cm³/mol. The van der Waals surface area contributed by atoms with E-state index in [9.17, 15) is 9.90 Å². The van der Waals surface area contributed by atoms with Gasteiger partial charge in [0, 0.05) is 24.2 Å². The highest BCUT2D eigenvalue weighted by Gasteiger charge is 2.24. The number of carboxylic acids is 1. The molecule has 0 aliphatic heterocycles. The van der Waals surface area contributed by atoms with Crippen molar-refractivity contribution in [2.75, 3.05) is 12.4 Å². The van der Waals surface area contributed by atoms with Crippen LogP contribution in [0.4, 0.5) is 5.69 Å². The molecule has 4 heteroatoms. The first-order chi connectivity index (χ1) is 10.2. The molecule has 0 aromatic heterocycles. The van der Waals surface area contributed by atoms with E-state index in [1.54, 1.807) is 13.2 Å². The molecular weight excluding hydrogens is 266 g/mol. The summed E-state index contributed by atoms with van der Waals surface area (Å²) in [5, 5.41) is 14.6. The van der Waals surface area contributed by atoms with Crippen LogP contribution in [-0.4, -0.2) is 30.3 Å². The molecule has 0 saturated heterocycles. The maximum Gasteiger partial charge on any atom is 0.336 e. The third-order valence-corrected chi connectivity index (χ3v) is 4.23. The van der Waals surface area contributed by atoms with Gasteiger partial charge in [-0.1, -0.05) is 24.3 Å². The van der Waals surface area contributed by atoms with Gasteiger partial charge in [0.25, 0.3) is 0 Å². The predicted octanol–water partition coefficient (Wildman–Crippen LogP) is 3.52. The number of nitrogens with one attached hydrogen (secondary N) is 1. The minimum absolute atomic E-state index is 0.326. The maximum absolute atomic E-state index is 11.3. The molecule has 2 N–H and O–H groups in total. The average molecular weight is 285 g/mol. The smallest absolute Gasteiger partial charge is 0.336 e. The monoisotopic (exact) mass is 285 g/mol. The van der Waals surface area contributed by atoms with Crippen LogP contribution in [0, 0.1) is 0 Å². The molecule has 4 nitrogen and oxygen atoms in total. The van der Waals surface area contributed by atoms with Crippen LogP contribution >= 0.6 is 0 Å². The van der Waals surface area contributed by atoms with Crippen molar-refractivity contribution in [1.29, 1.82) is 0 Å². The molecule has 0 heterocycles. The summed E-state index contributed by atoms with van der Waals surface area (Å²) < 4.78 is 5.40. The highest BCUT2D eigenvalue weighted by Crippen LogP contribution is 2.30. The summed E-state index contributed by atoms with van der Waals surface area (Å²) in [6, 6.07) is 11.6. The molecule has 1 fully saturated rings. The largest absolute Gasteiger partial charge is 0.478 e. The van der Waals surface area contributed by atoms with E-state index < -0.39 is 5.97 Å². The summed E-state index contributed by atoms with van der Waals surface area (Å²) >= 11 is 0. The number of rotatable bonds is 4. The van der Waals surface area contributed by atoms with Crippen LogP contribution in [0.15, 0.2) is 36.4 Å². The molecule has 0 spiro atoms. The first kappa shape index (κ1) is 13.9. The van der Waals surface area contributed by atoms with Crippen molar-refractivity contribution < 1.29 is 14.6 Å². The van der Waals surface area contributed by atoms with E-state index in [-0.39, 0.29) is 0 Å². The summed E-state index contributed by atoms with van der Waals surface area (Å²) in [6.45, 7) is 0. The molecule has 0 radical (unpaired) electrons. The van der Waals surface area contributed by atoms with Crippen LogP contribution in [0.2, 0.25) is 0 Å². The molecule has 110 valence electrons. The van der Waals surface area contributed by atoms with Gasteiger partial charge >= 0.3 is 5.97 Å². The first-order valence-corrected chi connectivity index (χ1v) is 7.23. The van der Waals surface area contributed by atoms with Gasteiger partial charge in [-0.3, -0.25) is 0 Å². The molecule has 1 saturated carbocycles. The number of anilines is 1. The fourth-order valence-corrected chi connectivity index (χ4v) is 3.12. The van der Waals surface area contributed by atoms with Crippen molar-refractivity contribution in [3.8, 4) is 0 Å². The van der Waals surface area contributed by atoms with E-state index in [2.05, 4.69) is 5.32 Å². The van der Waals surface area contributed by atoms with E-state index in [4.69, 9.17) is 4.74 Å². The lowest BCUT2D eigenvalue weighted by atomic mass is 10.0. The molecule has 2 unspecified atom stereocenters. The fourth-order valence-electron chi connectivity index (χ4n) is 3.12. The molecule has 2 aromatic carbocycles. The zero-order valence-corrected chi connectivity index (χ0v) is 12.0. The molecule has 3 rings (SSSR count). The number of benzene rings is 2. The number of fused-ring (bicyclic) bond motifs is 1. The molecular formula is C17H19NO3. The highest BCUT2D eigenvalue weighted by atomic mass is 16.5. The number of carboxylic acid groups (broad SMARTS) is 1. The van der Waals surface area contributed by atoms with E-state index in [0.29, 0.717) is 17.7 Å². The molecule has 21 heavy (non-hydrogen) atoms. The highest BCUT2D eigenvalue weighted by molar-refractivity contribution is 6.07. The Hall–Kier alpha value is -2.07. The van der Waals surface area contributed by atoms with Crippen molar-refractivity contribution in [3.05, 3.63) is 42.0 Å². The minimum Gasteiger partial charge on any atom is -0.478 e. The number of ether oxygens (including phenoxy) is 1. The number of methoxy groups -OCH3 is 1. The van der Waals surface area contributed by atoms with Gasteiger partial charge in [-0.25, -0.2) is 4.79 Å². The van der Waals surface area contributed by atoms with E-state index in [0.717, 1.165) is 35.7 Å². The summed E-state index contributed by atoms with van der Waals surface area (Å²) in [7, 11) is 1.75. The third kappa shape index (κ3) is 2.72. The number of carbonyl (C=O) groups is 1. The van der Waals surface area contributed by atoms with E-state index in [1.165, 1.54) is 0 Å². The second kappa shape index (κ2) is 5.74. The zero-order chi connectivity index (χ0) is 14.8. The van der Waals surface area contributed by atoms with Crippen LogP contribution < -0.4 is 5.32 Å². The van der Waals surface area contributed by atoms with E-state index >= 15 is 0 Å². The van der Waals surface area contributed by atoms with Gasteiger partial charge in [-0.15, -0.1) is 0 Å². The Balaban J connectivity index is 1.93. The van der Waals surface area contributed by atoms with Crippen molar-refractivity contribution >= 4 is 22.4 Å². The lowest BCUT2D eigenvalue weighted by Crippen LogP contribution is -2.17. The van der Waals surface area contributed by atoms with Crippen LogP contribution in [0.1, 0.15) is 29.6 Å². The first-order valence-electron chi connectivity index (χ1n) is 7.23.